The van der Waals surface area contributed by atoms with E-state index in [-0.39, 0.29) is 6.54 Å². The Labute approximate surface area is 111 Å². The van der Waals surface area contributed by atoms with Crippen LogP contribution in [0.5, 0.6) is 0 Å². The molecule has 18 heavy (non-hydrogen) atoms. The molecule has 0 aliphatic carbocycles. The molecule has 0 aliphatic rings. The van der Waals surface area contributed by atoms with Gasteiger partial charge in [-0.15, -0.1) is 11.8 Å². The molecule has 6 nitrogen and oxygen atoms in total. The fourth-order valence-electron chi connectivity index (χ4n) is 1.18. The second kappa shape index (κ2) is 10.9. The predicted octanol–water partition coefficient (Wildman–Crippen LogP) is 2.42. The van der Waals surface area contributed by atoms with Crippen LogP contribution in [-0.2, 0) is 4.74 Å². The second-order valence-electron chi connectivity index (χ2n) is 3.70. The average molecular weight is 276 g/mol. The number of nitrogens with zero attached hydrogens (tertiary/aromatic N) is 1. The number of hydrogen-bond acceptors (Lipinski definition) is 5. The summed E-state index contributed by atoms with van der Waals surface area (Å²) in [6, 6.07) is -0.520. The molecule has 0 unspecified atom stereocenters. The molecule has 0 aliphatic heterocycles. The number of carbonyl (C=O) groups excluding carboxylic acids is 1. The summed E-state index contributed by atoms with van der Waals surface area (Å²) in [7, 11) is 1.23. The van der Waals surface area contributed by atoms with Gasteiger partial charge in [0.05, 0.1) is 7.11 Å². The van der Waals surface area contributed by atoms with E-state index in [1.165, 1.54) is 18.9 Å². The van der Waals surface area contributed by atoms with Crippen LogP contribution in [0, 0.1) is 10.1 Å². The van der Waals surface area contributed by atoms with Crippen molar-refractivity contribution in [3.63, 3.8) is 0 Å². The Morgan fingerprint density at radius 3 is 2.89 bits per heavy atom. The van der Waals surface area contributed by atoms with Crippen LogP contribution in [-0.4, -0.2) is 36.5 Å². The van der Waals surface area contributed by atoms with Gasteiger partial charge in [0.2, 0.25) is 6.54 Å². The van der Waals surface area contributed by atoms with Gasteiger partial charge in [-0.1, -0.05) is 25.8 Å². The molecular formula is C11H20N2O4S. The van der Waals surface area contributed by atoms with Gasteiger partial charge in [-0.25, -0.2) is 4.79 Å². The normalized spacial score (nSPS) is 12.3. The van der Waals surface area contributed by atoms with Crippen LogP contribution in [0.15, 0.2) is 11.5 Å². The minimum absolute atomic E-state index is 0.301. The maximum atomic E-state index is 11.0. The number of nitrogens with one attached hydrogen (secondary N) is 1. The van der Waals surface area contributed by atoms with E-state index >= 15 is 0 Å². The number of methoxy groups -OCH3 is 1. The van der Waals surface area contributed by atoms with Crippen molar-refractivity contribution < 1.29 is 14.5 Å². The molecular weight excluding hydrogens is 256 g/mol. The van der Waals surface area contributed by atoms with Crippen LogP contribution in [0.4, 0.5) is 4.79 Å². The van der Waals surface area contributed by atoms with Gasteiger partial charge in [0.1, 0.15) is 6.04 Å². The third-order valence-corrected chi connectivity index (χ3v) is 3.07. The number of thioether (sulfide) groups is 1. The number of nitro groups is 1. The Kier molecular flexibility index (Phi) is 10.1. The number of rotatable bonds is 9. The minimum Gasteiger partial charge on any atom is -0.453 e. The molecule has 0 fully saturated rings. The summed E-state index contributed by atoms with van der Waals surface area (Å²) in [5, 5.41) is 14.8. The van der Waals surface area contributed by atoms with Crippen molar-refractivity contribution in [2.45, 2.75) is 32.2 Å². The van der Waals surface area contributed by atoms with Crippen molar-refractivity contribution >= 4 is 17.9 Å². The maximum Gasteiger partial charge on any atom is 0.407 e. The molecule has 7 heteroatoms. The van der Waals surface area contributed by atoms with E-state index < -0.39 is 17.1 Å². The van der Waals surface area contributed by atoms with Crippen LogP contribution in [0.3, 0.4) is 0 Å². The average Bonchev–Trinajstić information content (AvgIpc) is 2.32. The first kappa shape index (κ1) is 16.8. The van der Waals surface area contributed by atoms with E-state index in [2.05, 4.69) is 17.0 Å². The molecule has 0 heterocycles. The molecule has 0 aromatic rings. The predicted molar refractivity (Wildman–Crippen MR) is 72.3 cm³/mol. The molecule has 1 amide bonds. The molecule has 0 aromatic heterocycles. The first-order valence-electron chi connectivity index (χ1n) is 5.83. The van der Waals surface area contributed by atoms with Crippen LogP contribution >= 0.6 is 11.8 Å². The summed E-state index contributed by atoms with van der Waals surface area (Å²) in [6.45, 7) is 1.82. The Balaban J connectivity index is 3.96. The Bertz CT molecular complexity index is 284. The number of carbonyl (C=O) groups is 1. The first-order valence-corrected chi connectivity index (χ1v) is 6.87. The van der Waals surface area contributed by atoms with Gasteiger partial charge >= 0.3 is 6.09 Å². The van der Waals surface area contributed by atoms with E-state index in [0.717, 1.165) is 19.3 Å². The third kappa shape index (κ3) is 9.95. The highest BCUT2D eigenvalue weighted by Crippen LogP contribution is 2.07. The number of ether oxygens (including phenoxy) is 1. The van der Waals surface area contributed by atoms with Crippen molar-refractivity contribution in [2.75, 3.05) is 19.4 Å². The molecule has 0 saturated carbocycles. The van der Waals surface area contributed by atoms with Crippen molar-refractivity contribution in [2.24, 2.45) is 0 Å². The number of hydrogen-bond donors (Lipinski definition) is 1. The van der Waals surface area contributed by atoms with Crippen molar-refractivity contribution in [1.29, 1.82) is 0 Å². The van der Waals surface area contributed by atoms with Gasteiger partial charge in [0, 0.05) is 10.7 Å². The number of allylic oxidation sites excluding steroid dienone is 1. The van der Waals surface area contributed by atoms with E-state index in [1.807, 2.05) is 11.5 Å². The minimum atomic E-state index is -0.641. The monoisotopic (exact) mass is 276 g/mol. The highest BCUT2D eigenvalue weighted by atomic mass is 32.2. The Hall–Kier alpha value is -1.24. The van der Waals surface area contributed by atoms with Crippen LogP contribution in [0.2, 0.25) is 0 Å². The van der Waals surface area contributed by atoms with Gasteiger partial charge in [0.15, 0.2) is 0 Å². The number of amides is 1. The van der Waals surface area contributed by atoms with E-state index in [0.29, 0.717) is 5.75 Å². The van der Waals surface area contributed by atoms with Gasteiger partial charge in [-0.3, -0.25) is 10.1 Å². The lowest BCUT2D eigenvalue weighted by Crippen LogP contribution is -2.41. The topological polar surface area (TPSA) is 81.5 Å². The smallest absolute Gasteiger partial charge is 0.407 e. The Morgan fingerprint density at radius 1 is 1.61 bits per heavy atom. The lowest BCUT2D eigenvalue weighted by atomic mass is 10.2. The van der Waals surface area contributed by atoms with Gasteiger partial charge in [-0.2, -0.15) is 0 Å². The lowest BCUT2D eigenvalue weighted by Gasteiger charge is -2.12. The standard InChI is InChI=1S/C11H20N2O4S/c1-3-4-5-6-7-18-9-10(8-13(15)16)12-11(14)17-2/h6-7,10H,3-5,8-9H2,1-2H3,(H,12,14)/b7-6+/t10-/m1/s1. The SMILES string of the molecule is CCCC/C=C/SC[C@@H](C[N+](=O)[O-])NC(=O)OC. The maximum absolute atomic E-state index is 11.0. The molecule has 0 bridgehead atoms. The molecule has 0 saturated heterocycles. The molecule has 0 rings (SSSR count). The second-order valence-corrected chi connectivity index (χ2v) is 4.63. The summed E-state index contributed by atoms with van der Waals surface area (Å²) >= 11 is 1.45. The fraction of sp³-hybridized carbons (Fsp3) is 0.727. The third-order valence-electron chi connectivity index (χ3n) is 2.09. The molecule has 1 N–H and O–H groups in total. The van der Waals surface area contributed by atoms with Gasteiger partial charge < -0.3 is 10.1 Å². The van der Waals surface area contributed by atoms with Crippen LogP contribution in [0.1, 0.15) is 26.2 Å². The summed E-state index contributed by atoms with van der Waals surface area (Å²) in [5.74, 6) is 0.457. The molecule has 0 spiro atoms. The quantitative estimate of drug-likeness (QED) is 0.397. The van der Waals surface area contributed by atoms with Crippen LogP contribution < -0.4 is 5.32 Å². The largest absolute Gasteiger partial charge is 0.453 e. The summed E-state index contributed by atoms with van der Waals surface area (Å²) in [6.07, 6.45) is 4.68. The molecule has 104 valence electrons. The summed E-state index contributed by atoms with van der Waals surface area (Å²) in [5.41, 5.74) is 0. The summed E-state index contributed by atoms with van der Waals surface area (Å²) in [4.78, 5) is 21.0. The first-order chi connectivity index (χ1) is 8.60. The highest BCUT2D eigenvalue weighted by Gasteiger charge is 2.17. The van der Waals surface area contributed by atoms with Crippen LogP contribution in [0.25, 0.3) is 0 Å². The van der Waals surface area contributed by atoms with Crippen molar-refractivity contribution in [3.05, 3.63) is 21.6 Å². The highest BCUT2D eigenvalue weighted by molar-refractivity contribution is 8.02. The zero-order valence-electron chi connectivity index (χ0n) is 10.8. The fourth-order valence-corrected chi connectivity index (χ4v) is 1.98. The zero-order valence-corrected chi connectivity index (χ0v) is 11.6. The summed E-state index contributed by atoms with van der Waals surface area (Å²) < 4.78 is 4.42. The van der Waals surface area contributed by atoms with E-state index in [9.17, 15) is 14.9 Å². The Morgan fingerprint density at radius 2 is 2.33 bits per heavy atom. The van der Waals surface area contributed by atoms with E-state index in [1.54, 1.807) is 0 Å². The molecule has 0 radical (unpaired) electrons. The zero-order chi connectivity index (χ0) is 13.8. The number of unbranched alkanes of at least 4 members (excludes halogenated alkanes) is 2. The lowest BCUT2D eigenvalue weighted by molar-refractivity contribution is -0.482. The number of alkyl carbamates (subject to hydrolysis) is 1. The van der Waals surface area contributed by atoms with Gasteiger partial charge in [0.25, 0.3) is 0 Å². The molecule has 0 aromatic carbocycles. The van der Waals surface area contributed by atoms with E-state index in [4.69, 9.17) is 0 Å². The van der Waals surface area contributed by atoms with Gasteiger partial charge in [-0.05, 0) is 11.8 Å². The van der Waals surface area contributed by atoms with Crippen molar-refractivity contribution in [3.8, 4) is 0 Å². The molecule has 1 atom stereocenters. The van der Waals surface area contributed by atoms with Crippen molar-refractivity contribution in [1.82, 2.24) is 5.32 Å².